The van der Waals surface area contributed by atoms with E-state index in [-0.39, 0.29) is 12.4 Å². The van der Waals surface area contributed by atoms with Gasteiger partial charge in [0.2, 0.25) is 5.78 Å². The molecule has 3 aromatic rings. The zero-order valence-corrected chi connectivity index (χ0v) is 19.6. The Kier molecular flexibility index (Phi) is 8.48. The van der Waals surface area contributed by atoms with Crippen molar-refractivity contribution in [3.63, 3.8) is 0 Å². The predicted molar refractivity (Wildman–Crippen MR) is 134 cm³/mol. The number of ketones is 1. The van der Waals surface area contributed by atoms with Gasteiger partial charge in [-0.05, 0) is 41.8 Å². The molecule has 0 unspecified atom stereocenters. The van der Waals surface area contributed by atoms with Crippen molar-refractivity contribution in [3.8, 4) is 5.75 Å². The molecule has 1 aromatic heterocycles. The van der Waals surface area contributed by atoms with Gasteiger partial charge in [0.15, 0.2) is 6.61 Å². The van der Waals surface area contributed by atoms with Gasteiger partial charge in [0.1, 0.15) is 5.75 Å². The molecule has 0 spiro atoms. The summed E-state index contributed by atoms with van der Waals surface area (Å²) >= 11 is 0. The van der Waals surface area contributed by atoms with Gasteiger partial charge in [0, 0.05) is 37.9 Å². The average Bonchev–Trinajstić information content (AvgIpc) is 3.35. The van der Waals surface area contributed by atoms with Gasteiger partial charge in [-0.2, -0.15) is 0 Å². The number of carboxylic acid groups (broad SMARTS) is 1. The number of morpholine rings is 1. The van der Waals surface area contributed by atoms with Gasteiger partial charge < -0.3 is 19.1 Å². The number of allylic oxidation sites excluding steroid dienone is 1. The first-order chi connectivity index (χ1) is 17.1. The fraction of sp³-hybridized carbons (Fsp3) is 0.286. The first kappa shape index (κ1) is 24.4. The number of aliphatic carboxylic acids is 1. The van der Waals surface area contributed by atoms with Crippen molar-refractivity contribution in [1.29, 1.82) is 0 Å². The highest BCUT2D eigenvalue weighted by Crippen LogP contribution is 2.16. The molecule has 4 rings (SSSR count). The Labute approximate surface area is 205 Å². The van der Waals surface area contributed by atoms with Crippen LogP contribution in [0.1, 0.15) is 27.2 Å². The number of rotatable bonds is 11. The van der Waals surface area contributed by atoms with Crippen LogP contribution in [0.2, 0.25) is 0 Å². The van der Waals surface area contributed by atoms with Gasteiger partial charge in [-0.3, -0.25) is 9.69 Å². The molecule has 2 aromatic carbocycles. The molecule has 182 valence electrons. The number of nitrogens with zero attached hydrogens (tertiary/aromatic N) is 2. The molecule has 1 aliphatic heterocycles. The second kappa shape index (κ2) is 12.1. The highest BCUT2D eigenvalue weighted by molar-refractivity contribution is 6.08. The lowest BCUT2D eigenvalue weighted by molar-refractivity contribution is -0.139. The van der Waals surface area contributed by atoms with E-state index in [4.69, 9.17) is 14.6 Å². The Morgan fingerprint density at radius 2 is 1.83 bits per heavy atom. The van der Waals surface area contributed by atoms with E-state index in [1.807, 2.05) is 71.4 Å². The van der Waals surface area contributed by atoms with Gasteiger partial charge in [-0.25, -0.2) is 4.79 Å². The molecule has 7 heteroatoms. The number of hydrogen-bond acceptors (Lipinski definition) is 5. The molecular weight excluding hydrogens is 444 g/mol. The molecule has 0 saturated carbocycles. The van der Waals surface area contributed by atoms with Crippen LogP contribution in [0.25, 0.3) is 6.08 Å². The van der Waals surface area contributed by atoms with E-state index in [0.29, 0.717) is 23.6 Å². The Morgan fingerprint density at radius 1 is 1.03 bits per heavy atom. The fourth-order valence-electron chi connectivity index (χ4n) is 4.02. The molecule has 7 nitrogen and oxygen atoms in total. The highest BCUT2D eigenvalue weighted by Gasteiger charge is 2.14. The fourth-order valence-corrected chi connectivity index (χ4v) is 4.02. The third-order valence-electron chi connectivity index (χ3n) is 5.93. The molecule has 1 N–H and O–H groups in total. The lowest BCUT2D eigenvalue weighted by Gasteiger charge is -2.26. The highest BCUT2D eigenvalue weighted by atomic mass is 16.5. The maximum atomic E-state index is 13.1. The van der Waals surface area contributed by atoms with Crippen molar-refractivity contribution in [2.75, 3.05) is 39.5 Å². The van der Waals surface area contributed by atoms with Crippen molar-refractivity contribution in [1.82, 2.24) is 9.47 Å². The van der Waals surface area contributed by atoms with Gasteiger partial charge in [0.05, 0.1) is 18.9 Å². The van der Waals surface area contributed by atoms with Crippen molar-refractivity contribution in [2.24, 2.45) is 0 Å². The monoisotopic (exact) mass is 474 g/mol. The van der Waals surface area contributed by atoms with E-state index in [9.17, 15) is 9.59 Å². The van der Waals surface area contributed by atoms with E-state index in [1.165, 1.54) is 5.56 Å². The van der Waals surface area contributed by atoms with Gasteiger partial charge >= 0.3 is 5.97 Å². The van der Waals surface area contributed by atoms with Crippen LogP contribution >= 0.6 is 0 Å². The van der Waals surface area contributed by atoms with Crippen molar-refractivity contribution in [3.05, 3.63) is 95.3 Å². The van der Waals surface area contributed by atoms with Crippen molar-refractivity contribution in [2.45, 2.75) is 13.0 Å². The summed E-state index contributed by atoms with van der Waals surface area (Å²) < 4.78 is 12.5. The second-order valence-corrected chi connectivity index (χ2v) is 8.43. The maximum Gasteiger partial charge on any atom is 0.341 e. The molecule has 0 radical (unpaired) electrons. The number of aromatic nitrogens is 1. The molecule has 1 saturated heterocycles. The minimum atomic E-state index is -1.02. The smallest absolute Gasteiger partial charge is 0.341 e. The number of carboxylic acids is 1. The lowest BCUT2D eigenvalue weighted by atomic mass is 10.0. The SMILES string of the molecule is O=C(O)COc1cccc(C=CCn2cccc2C(=O)c2ccc(CCN3CCOCC3)cc2)c1. The van der Waals surface area contributed by atoms with E-state index >= 15 is 0 Å². The molecule has 0 atom stereocenters. The first-order valence-corrected chi connectivity index (χ1v) is 11.8. The molecular formula is C28H30N2O5. The summed E-state index contributed by atoms with van der Waals surface area (Å²) in [5, 5.41) is 8.76. The molecule has 2 heterocycles. The quantitative estimate of drug-likeness (QED) is 0.426. The summed E-state index contributed by atoms with van der Waals surface area (Å²) in [7, 11) is 0. The second-order valence-electron chi connectivity index (χ2n) is 8.43. The van der Waals surface area contributed by atoms with Crippen LogP contribution < -0.4 is 4.74 Å². The molecule has 0 aliphatic carbocycles. The average molecular weight is 475 g/mol. The topological polar surface area (TPSA) is 81.0 Å². The van der Waals surface area contributed by atoms with E-state index in [0.717, 1.165) is 44.8 Å². The summed E-state index contributed by atoms with van der Waals surface area (Å²) in [5.41, 5.74) is 3.42. The summed E-state index contributed by atoms with van der Waals surface area (Å²) in [4.78, 5) is 26.2. The molecule has 1 aliphatic rings. The van der Waals surface area contributed by atoms with Gasteiger partial charge in [-0.15, -0.1) is 0 Å². The summed E-state index contributed by atoms with van der Waals surface area (Å²) in [6.45, 7) is 4.72. The van der Waals surface area contributed by atoms with Crippen LogP contribution in [0.4, 0.5) is 0 Å². The minimum absolute atomic E-state index is 0.00722. The van der Waals surface area contributed by atoms with Crippen LogP contribution in [-0.4, -0.2) is 65.8 Å². The summed E-state index contributed by atoms with van der Waals surface area (Å²) in [6, 6.07) is 18.8. The van der Waals surface area contributed by atoms with Crippen LogP contribution in [-0.2, 0) is 22.5 Å². The number of carbonyl (C=O) groups is 2. The zero-order valence-electron chi connectivity index (χ0n) is 19.6. The normalized spacial score (nSPS) is 14.3. The van der Waals surface area contributed by atoms with Gasteiger partial charge in [-0.1, -0.05) is 48.6 Å². The maximum absolute atomic E-state index is 13.1. The molecule has 35 heavy (non-hydrogen) atoms. The van der Waals surface area contributed by atoms with Crippen LogP contribution in [0.5, 0.6) is 5.75 Å². The van der Waals surface area contributed by atoms with Gasteiger partial charge in [0.25, 0.3) is 0 Å². The molecule has 1 fully saturated rings. The van der Waals surface area contributed by atoms with Crippen molar-refractivity contribution >= 4 is 17.8 Å². The summed E-state index contributed by atoms with van der Waals surface area (Å²) in [5.74, 6) is -0.523. The predicted octanol–water partition coefficient (Wildman–Crippen LogP) is 3.77. The number of hydrogen-bond donors (Lipinski definition) is 1. The zero-order chi connectivity index (χ0) is 24.5. The Hall–Kier alpha value is -3.68. The first-order valence-electron chi connectivity index (χ1n) is 11.8. The van der Waals surface area contributed by atoms with Crippen LogP contribution in [0.15, 0.2) is 72.9 Å². The van der Waals surface area contributed by atoms with Crippen LogP contribution in [0.3, 0.4) is 0 Å². The number of carbonyl (C=O) groups excluding carboxylic acids is 1. The number of ether oxygens (including phenoxy) is 2. The van der Waals surface area contributed by atoms with Crippen LogP contribution in [0, 0.1) is 0 Å². The van der Waals surface area contributed by atoms with E-state index < -0.39 is 5.97 Å². The third-order valence-corrected chi connectivity index (χ3v) is 5.93. The van der Waals surface area contributed by atoms with Crippen molar-refractivity contribution < 1.29 is 24.2 Å². The largest absolute Gasteiger partial charge is 0.482 e. The number of benzene rings is 2. The molecule has 0 bridgehead atoms. The lowest BCUT2D eigenvalue weighted by Crippen LogP contribution is -2.37. The molecule has 0 amide bonds. The Balaban J connectivity index is 1.34. The van der Waals surface area contributed by atoms with E-state index in [1.54, 1.807) is 12.1 Å². The third kappa shape index (κ3) is 7.15. The Bertz CT molecular complexity index is 1160. The minimum Gasteiger partial charge on any atom is -0.482 e. The summed E-state index contributed by atoms with van der Waals surface area (Å²) in [6.07, 6.45) is 6.73. The van der Waals surface area contributed by atoms with E-state index in [2.05, 4.69) is 4.90 Å². The standard InChI is InChI=1S/C28H30N2O5/c31-27(32)21-35-25-6-1-4-23(20-25)5-2-13-30-14-3-7-26(30)28(33)24-10-8-22(9-11-24)12-15-29-16-18-34-19-17-29/h1-11,14,20H,12-13,15-19,21H2,(H,31,32). The Morgan fingerprint density at radius 3 is 2.60 bits per heavy atom.